The topological polar surface area (TPSA) is 39.1 Å². The summed E-state index contributed by atoms with van der Waals surface area (Å²) in [5.41, 5.74) is 1.67. The highest BCUT2D eigenvalue weighted by molar-refractivity contribution is 6.30. The summed E-state index contributed by atoms with van der Waals surface area (Å²) in [7, 11) is 1.69. The zero-order chi connectivity index (χ0) is 15.6. The molecule has 0 saturated heterocycles. The largest absolute Gasteiger partial charge is 0.573 e. The Bertz CT molecular complexity index is 640. The predicted octanol–water partition coefficient (Wildman–Crippen LogP) is 3.89. The third-order valence-electron chi connectivity index (χ3n) is 2.84. The molecule has 0 radical (unpaired) electrons. The number of nitrogens with zero attached hydrogens (tertiary/aromatic N) is 2. The van der Waals surface area contributed by atoms with E-state index in [1.807, 2.05) is 0 Å². The van der Waals surface area contributed by atoms with Crippen molar-refractivity contribution in [1.82, 2.24) is 9.78 Å². The third-order valence-corrected chi connectivity index (χ3v) is 3.31. The Morgan fingerprint density at radius 2 is 2.00 bits per heavy atom. The SMILES string of the molecule is Cc1nn(C)c(Cl)c1CNc1ccccc1OC(F)(F)F. The van der Waals surface area contributed by atoms with Gasteiger partial charge in [0.25, 0.3) is 0 Å². The van der Waals surface area contributed by atoms with Gasteiger partial charge in [0.1, 0.15) is 5.15 Å². The highest BCUT2D eigenvalue weighted by atomic mass is 35.5. The Morgan fingerprint density at radius 3 is 2.57 bits per heavy atom. The Kier molecular flexibility index (Phi) is 4.32. The lowest BCUT2D eigenvalue weighted by Gasteiger charge is -2.14. The Labute approximate surface area is 124 Å². The van der Waals surface area contributed by atoms with Gasteiger partial charge in [-0.2, -0.15) is 5.10 Å². The second-order valence-corrected chi connectivity index (χ2v) is 4.73. The van der Waals surface area contributed by atoms with Gasteiger partial charge in [-0.05, 0) is 19.1 Å². The summed E-state index contributed by atoms with van der Waals surface area (Å²) in [6.07, 6.45) is -4.74. The van der Waals surface area contributed by atoms with Gasteiger partial charge in [0.05, 0.1) is 11.4 Å². The number of nitrogens with one attached hydrogen (secondary N) is 1. The van der Waals surface area contributed by atoms with Gasteiger partial charge in [0.2, 0.25) is 0 Å². The molecule has 4 nitrogen and oxygen atoms in total. The molecule has 114 valence electrons. The van der Waals surface area contributed by atoms with Crippen molar-refractivity contribution in [3.05, 3.63) is 40.7 Å². The fraction of sp³-hybridized carbons (Fsp3) is 0.308. The van der Waals surface area contributed by atoms with Crippen LogP contribution < -0.4 is 10.1 Å². The van der Waals surface area contributed by atoms with Crippen molar-refractivity contribution in [2.45, 2.75) is 19.8 Å². The molecule has 21 heavy (non-hydrogen) atoms. The molecule has 0 unspecified atom stereocenters. The van der Waals surface area contributed by atoms with E-state index >= 15 is 0 Å². The molecular formula is C13H13ClF3N3O. The molecule has 8 heteroatoms. The highest BCUT2D eigenvalue weighted by Crippen LogP contribution is 2.30. The van der Waals surface area contributed by atoms with Crippen LogP contribution in [-0.2, 0) is 13.6 Å². The molecule has 0 spiro atoms. The maximum atomic E-state index is 12.3. The summed E-state index contributed by atoms with van der Waals surface area (Å²) in [6.45, 7) is 2.03. The average molecular weight is 320 g/mol. The maximum absolute atomic E-state index is 12.3. The zero-order valence-corrected chi connectivity index (χ0v) is 12.1. The van der Waals surface area contributed by atoms with Crippen LogP contribution in [0.5, 0.6) is 5.75 Å². The first-order valence-electron chi connectivity index (χ1n) is 6.04. The van der Waals surface area contributed by atoms with Gasteiger partial charge in [-0.1, -0.05) is 23.7 Å². The minimum atomic E-state index is -4.74. The minimum Gasteiger partial charge on any atom is -0.404 e. The van der Waals surface area contributed by atoms with Crippen LogP contribution in [-0.4, -0.2) is 16.1 Å². The molecule has 0 amide bonds. The van der Waals surface area contributed by atoms with Gasteiger partial charge in [0, 0.05) is 19.2 Å². The standard InChI is InChI=1S/C13H13ClF3N3O/c1-8-9(12(14)20(2)19-8)7-18-10-5-3-4-6-11(10)21-13(15,16)17/h3-6,18H,7H2,1-2H3. The third kappa shape index (κ3) is 3.81. The molecule has 1 heterocycles. The number of alkyl halides is 3. The molecule has 0 fully saturated rings. The second kappa shape index (κ2) is 5.85. The summed E-state index contributed by atoms with van der Waals surface area (Å²) >= 11 is 6.08. The molecule has 0 atom stereocenters. The number of aromatic nitrogens is 2. The number of aryl methyl sites for hydroxylation is 2. The van der Waals surface area contributed by atoms with E-state index in [0.29, 0.717) is 10.8 Å². The monoisotopic (exact) mass is 319 g/mol. The van der Waals surface area contributed by atoms with Crippen molar-refractivity contribution in [2.24, 2.45) is 7.05 Å². The molecule has 1 N–H and O–H groups in total. The molecular weight excluding hydrogens is 307 g/mol. The number of hydrogen-bond acceptors (Lipinski definition) is 3. The van der Waals surface area contributed by atoms with Gasteiger partial charge >= 0.3 is 6.36 Å². The molecule has 2 aromatic rings. The molecule has 2 rings (SSSR count). The first-order chi connectivity index (χ1) is 9.78. The van der Waals surface area contributed by atoms with Crippen LogP contribution in [0.2, 0.25) is 5.15 Å². The average Bonchev–Trinajstić information content (AvgIpc) is 2.61. The Morgan fingerprint density at radius 1 is 1.33 bits per heavy atom. The smallest absolute Gasteiger partial charge is 0.404 e. The Balaban J connectivity index is 2.17. The maximum Gasteiger partial charge on any atom is 0.573 e. The molecule has 1 aromatic carbocycles. The van der Waals surface area contributed by atoms with Crippen LogP contribution in [0.3, 0.4) is 0 Å². The van der Waals surface area contributed by atoms with Gasteiger partial charge in [0.15, 0.2) is 5.75 Å². The normalized spacial score (nSPS) is 11.5. The number of ether oxygens (including phenoxy) is 1. The van der Waals surface area contributed by atoms with Crippen molar-refractivity contribution < 1.29 is 17.9 Å². The lowest BCUT2D eigenvalue weighted by atomic mass is 10.2. The number of rotatable bonds is 4. The fourth-order valence-electron chi connectivity index (χ4n) is 1.88. The van der Waals surface area contributed by atoms with Crippen LogP contribution in [0.1, 0.15) is 11.3 Å². The number of hydrogen-bond donors (Lipinski definition) is 1. The zero-order valence-electron chi connectivity index (χ0n) is 11.3. The summed E-state index contributed by atoms with van der Waals surface area (Å²) in [5, 5.41) is 7.46. The molecule has 0 bridgehead atoms. The van der Waals surface area contributed by atoms with Crippen molar-refractivity contribution in [2.75, 3.05) is 5.32 Å². The van der Waals surface area contributed by atoms with E-state index in [1.165, 1.54) is 22.9 Å². The van der Waals surface area contributed by atoms with E-state index in [9.17, 15) is 13.2 Å². The van der Waals surface area contributed by atoms with E-state index in [4.69, 9.17) is 11.6 Å². The minimum absolute atomic E-state index is 0.231. The van der Waals surface area contributed by atoms with Crippen LogP contribution >= 0.6 is 11.6 Å². The summed E-state index contributed by atoms with van der Waals surface area (Å²) in [5.74, 6) is -0.289. The molecule has 1 aromatic heterocycles. The second-order valence-electron chi connectivity index (χ2n) is 4.38. The van der Waals surface area contributed by atoms with Gasteiger partial charge < -0.3 is 10.1 Å². The van der Waals surface area contributed by atoms with Crippen LogP contribution in [0, 0.1) is 6.92 Å². The molecule has 0 saturated carbocycles. The van der Waals surface area contributed by atoms with Crippen molar-refractivity contribution in [3.8, 4) is 5.75 Å². The van der Waals surface area contributed by atoms with E-state index in [-0.39, 0.29) is 18.0 Å². The van der Waals surface area contributed by atoms with E-state index in [1.54, 1.807) is 20.0 Å². The number of para-hydroxylation sites is 2. The van der Waals surface area contributed by atoms with Crippen molar-refractivity contribution >= 4 is 17.3 Å². The van der Waals surface area contributed by atoms with Crippen molar-refractivity contribution in [3.63, 3.8) is 0 Å². The van der Waals surface area contributed by atoms with E-state index in [2.05, 4.69) is 15.2 Å². The number of benzene rings is 1. The van der Waals surface area contributed by atoms with Gasteiger partial charge in [-0.3, -0.25) is 4.68 Å². The first kappa shape index (κ1) is 15.5. The Hall–Kier alpha value is -1.89. The lowest BCUT2D eigenvalue weighted by molar-refractivity contribution is -0.274. The quantitative estimate of drug-likeness (QED) is 0.929. The van der Waals surface area contributed by atoms with Gasteiger partial charge in [-0.25, -0.2) is 0 Å². The van der Waals surface area contributed by atoms with E-state index in [0.717, 1.165) is 5.56 Å². The molecule has 0 aliphatic heterocycles. The van der Waals surface area contributed by atoms with E-state index < -0.39 is 6.36 Å². The molecule has 0 aliphatic carbocycles. The van der Waals surface area contributed by atoms with Crippen LogP contribution in [0.15, 0.2) is 24.3 Å². The van der Waals surface area contributed by atoms with Crippen LogP contribution in [0.25, 0.3) is 0 Å². The number of anilines is 1. The summed E-state index contributed by atoms with van der Waals surface area (Å²) in [4.78, 5) is 0. The number of halogens is 4. The van der Waals surface area contributed by atoms with Gasteiger partial charge in [-0.15, -0.1) is 13.2 Å². The fourth-order valence-corrected chi connectivity index (χ4v) is 2.13. The molecule has 0 aliphatic rings. The van der Waals surface area contributed by atoms with Crippen LogP contribution in [0.4, 0.5) is 18.9 Å². The first-order valence-corrected chi connectivity index (χ1v) is 6.42. The lowest BCUT2D eigenvalue weighted by Crippen LogP contribution is -2.18. The highest BCUT2D eigenvalue weighted by Gasteiger charge is 2.32. The predicted molar refractivity (Wildman–Crippen MR) is 73.4 cm³/mol. The summed E-state index contributed by atoms with van der Waals surface area (Å²) < 4.78 is 42.5. The summed E-state index contributed by atoms with van der Waals surface area (Å²) in [6, 6.07) is 5.83. The van der Waals surface area contributed by atoms with Crippen molar-refractivity contribution in [1.29, 1.82) is 0 Å².